The molecule has 31 heavy (non-hydrogen) atoms. The van der Waals surface area contributed by atoms with E-state index in [0.717, 1.165) is 32.0 Å². The topological polar surface area (TPSA) is 90.9 Å². The molecular formula is C22H35IN4O3S. The molecule has 3 unspecified atom stereocenters. The van der Waals surface area contributed by atoms with Gasteiger partial charge in [0.05, 0.1) is 18.1 Å². The maximum atomic E-state index is 12.2. The Bertz CT molecular complexity index is 848. The van der Waals surface area contributed by atoms with Crippen molar-refractivity contribution in [1.82, 2.24) is 15.5 Å². The van der Waals surface area contributed by atoms with Crippen molar-refractivity contribution in [2.24, 2.45) is 10.9 Å². The SMILES string of the molecule is CCNC(=NCCC(=O)NC1CCS(=O)(=O)C1)N1CCC(c2ccccc2)C(C)C1.I. The molecule has 1 aromatic carbocycles. The maximum absolute atomic E-state index is 12.2. The number of hydrogen-bond donors (Lipinski definition) is 2. The number of sulfone groups is 1. The third kappa shape index (κ3) is 7.62. The van der Waals surface area contributed by atoms with Crippen LogP contribution >= 0.6 is 24.0 Å². The highest BCUT2D eigenvalue weighted by Gasteiger charge is 2.30. The number of hydrogen-bond acceptors (Lipinski definition) is 4. The Kier molecular flexibility index (Phi) is 10.1. The van der Waals surface area contributed by atoms with Crippen molar-refractivity contribution in [2.75, 3.05) is 37.7 Å². The zero-order valence-electron chi connectivity index (χ0n) is 18.4. The molecule has 2 saturated heterocycles. The number of carbonyl (C=O) groups is 1. The van der Waals surface area contributed by atoms with Crippen LogP contribution in [0.25, 0.3) is 0 Å². The molecular weight excluding hydrogens is 527 g/mol. The molecule has 2 N–H and O–H groups in total. The minimum absolute atomic E-state index is 0. The first-order valence-corrected chi connectivity index (χ1v) is 12.8. The van der Waals surface area contributed by atoms with Gasteiger partial charge in [-0.2, -0.15) is 0 Å². The average molecular weight is 563 g/mol. The second kappa shape index (κ2) is 12.0. The van der Waals surface area contributed by atoms with Gasteiger partial charge in [-0.1, -0.05) is 37.3 Å². The normalized spacial score (nSPS) is 25.5. The van der Waals surface area contributed by atoms with E-state index in [0.29, 0.717) is 24.8 Å². The molecule has 2 fully saturated rings. The average Bonchev–Trinajstić information content (AvgIpc) is 3.06. The number of aliphatic imine (C=N–C) groups is 1. The quantitative estimate of drug-likeness (QED) is 0.316. The van der Waals surface area contributed by atoms with Crippen molar-refractivity contribution in [3.8, 4) is 0 Å². The van der Waals surface area contributed by atoms with E-state index in [-0.39, 0.29) is 53.9 Å². The summed E-state index contributed by atoms with van der Waals surface area (Å²) in [5.74, 6) is 2.01. The van der Waals surface area contributed by atoms with Crippen LogP contribution in [0.5, 0.6) is 0 Å². The first-order valence-electron chi connectivity index (χ1n) is 11.0. The van der Waals surface area contributed by atoms with Gasteiger partial charge in [-0.05, 0) is 37.2 Å². The predicted octanol–water partition coefficient (Wildman–Crippen LogP) is 2.39. The molecule has 0 saturated carbocycles. The van der Waals surface area contributed by atoms with Crippen molar-refractivity contribution in [3.63, 3.8) is 0 Å². The van der Waals surface area contributed by atoms with E-state index in [1.165, 1.54) is 5.56 Å². The van der Waals surface area contributed by atoms with Crippen LogP contribution in [0, 0.1) is 5.92 Å². The van der Waals surface area contributed by atoms with E-state index in [1.807, 2.05) is 6.92 Å². The fourth-order valence-corrected chi connectivity index (χ4v) is 6.10. The zero-order valence-corrected chi connectivity index (χ0v) is 21.6. The second-order valence-electron chi connectivity index (χ2n) is 8.38. The monoisotopic (exact) mass is 562 g/mol. The molecule has 0 aliphatic carbocycles. The molecule has 2 heterocycles. The number of piperidine rings is 1. The number of likely N-dealkylation sites (tertiary alicyclic amines) is 1. The van der Waals surface area contributed by atoms with Crippen molar-refractivity contribution in [1.29, 1.82) is 0 Å². The molecule has 9 heteroatoms. The molecule has 2 aliphatic rings. The standard InChI is InChI=1S/C22H34N4O3S.HI/c1-3-23-22(24-12-9-21(27)25-19-11-14-30(28,29)16-19)26-13-10-20(17(2)15-26)18-7-5-4-6-8-18;/h4-8,17,19-20H,3,9-16H2,1-2H3,(H,23,24)(H,25,27);1H. The van der Waals surface area contributed by atoms with E-state index < -0.39 is 9.84 Å². The first-order chi connectivity index (χ1) is 14.4. The van der Waals surface area contributed by atoms with Gasteiger partial charge in [0.15, 0.2) is 15.8 Å². The summed E-state index contributed by atoms with van der Waals surface area (Å²) in [5, 5.41) is 6.18. The van der Waals surface area contributed by atoms with Gasteiger partial charge in [0.25, 0.3) is 0 Å². The Balaban J connectivity index is 0.00000341. The van der Waals surface area contributed by atoms with Gasteiger partial charge in [0, 0.05) is 32.1 Å². The minimum atomic E-state index is -2.99. The van der Waals surface area contributed by atoms with Crippen LogP contribution in [0.4, 0.5) is 0 Å². The number of carbonyl (C=O) groups excluding carboxylic acids is 1. The Labute approximate surface area is 203 Å². The van der Waals surface area contributed by atoms with Gasteiger partial charge >= 0.3 is 0 Å². The molecule has 1 aromatic rings. The highest BCUT2D eigenvalue weighted by Crippen LogP contribution is 2.32. The summed E-state index contributed by atoms with van der Waals surface area (Å²) < 4.78 is 23.1. The largest absolute Gasteiger partial charge is 0.357 e. The first kappa shape index (κ1) is 25.9. The van der Waals surface area contributed by atoms with Gasteiger partial charge in [-0.3, -0.25) is 9.79 Å². The van der Waals surface area contributed by atoms with Gasteiger partial charge in [0.1, 0.15) is 0 Å². The number of benzene rings is 1. The minimum Gasteiger partial charge on any atom is -0.357 e. The molecule has 3 rings (SSSR count). The van der Waals surface area contributed by atoms with Crippen LogP contribution in [0.1, 0.15) is 44.6 Å². The Morgan fingerprint density at radius 1 is 1.23 bits per heavy atom. The van der Waals surface area contributed by atoms with E-state index in [2.05, 4.69) is 57.8 Å². The third-order valence-corrected chi connectivity index (χ3v) is 7.73. The molecule has 7 nitrogen and oxygen atoms in total. The summed E-state index contributed by atoms with van der Waals surface area (Å²) in [6.45, 7) is 7.36. The van der Waals surface area contributed by atoms with Crippen LogP contribution in [0.3, 0.4) is 0 Å². The molecule has 1 amide bonds. The molecule has 0 bridgehead atoms. The number of amides is 1. The summed E-state index contributed by atoms with van der Waals surface area (Å²) in [6.07, 6.45) is 1.85. The highest BCUT2D eigenvalue weighted by atomic mass is 127. The summed E-state index contributed by atoms with van der Waals surface area (Å²) >= 11 is 0. The van der Waals surface area contributed by atoms with E-state index in [1.54, 1.807) is 0 Å². The molecule has 2 aliphatic heterocycles. The number of nitrogens with one attached hydrogen (secondary N) is 2. The van der Waals surface area contributed by atoms with Gasteiger partial charge < -0.3 is 15.5 Å². The summed E-state index contributed by atoms with van der Waals surface area (Å²) in [5.41, 5.74) is 1.40. The lowest BCUT2D eigenvalue weighted by Crippen LogP contribution is -2.48. The van der Waals surface area contributed by atoms with Crippen molar-refractivity contribution in [3.05, 3.63) is 35.9 Å². The zero-order chi connectivity index (χ0) is 21.6. The number of rotatable bonds is 6. The van der Waals surface area contributed by atoms with Crippen LogP contribution in [0.2, 0.25) is 0 Å². The Morgan fingerprint density at radius 3 is 2.58 bits per heavy atom. The summed E-state index contributed by atoms with van der Waals surface area (Å²) in [7, 11) is -2.99. The van der Waals surface area contributed by atoms with Gasteiger partial charge in [0.2, 0.25) is 5.91 Å². The molecule has 0 radical (unpaired) electrons. The molecule has 0 aromatic heterocycles. The smallest absolute Gasteiger partial charge is 0.222 e. The van der Waals surface area contributed by atoms with Crippen LogP contribution < -0.4 is 10.6 Å². The van der Waals surface area contributed by atoms with E-state index in [4.69, 9.17) is 0 Å². The van der Waals surface area contributed by atoms with Crippen molar-refractivity contribution in [2.45, 2.75) is 45.1 Å². The summed E-state index contributed by atoms with van der Waals surface area (Å²) in [6, 6.07) is 10.4. The fourth-order valence-electron chi connectivity index (χ4n) is 4.43. The van der Waals surface area contributed by atoms with Crippen LogP contribution in [-0.4, -0.2) is 68.9 Å². The maximum Gasteiger partial charge on any atom is 0.222 e. The Hall–Kier alpha value is -1.36. The van der Waals surface area contributed by atoms with Crippen LogP contribution in [0.15, 0.2) is 35.3 Å². The molecule has 0 spiro atoms. The summed E-state index contributed by atoms with van der Waals surface area (Å²) in [4.78, 5) is 19.1. The second-order valence-corrected chi connectivity index (χ2v) is 10.6. The third-order valence-electron chi connectivity index (χ3n) is 5.97. The number of guanidine groups is 1. The van der Waals surface area contributed by atoms with Crippen molar-refractivity contribution >= 4 is 45.7 Å². The van der Waals surface area contributed by atoms with E-state index in [9.17, 15) is 13.2 Å². The van der Waals surface area contributed by atoms with Gasteiger partial charge in [-0.25, -0.2) is 8.42 Å². The molecule has 3 atom stereocenters. The van der Waals surface area contributed by atoms with Gasteiger partial charge in [-0.15, -0.1) is 24.0 Å². The lowest BCUT2D eigenvalue weighted by atomic mass is 9.82. The number of nitrogens with zero attached hydrogens (tertiary/aromatic N) is 2. The van der Waals surface area contributed by atoms with E-state index >= 15 is 0 Å². The number of halogens is 1. The van der Waals surface area contributed by atoms with Crippen molar-refractivity contribution < 1.29 is 13.2 Å². The lowest BCUT2D eigenvalue weighted by Gasteiger charge is -2.39. The fraction of sp³-hybridized carbons (Fsp3) is 0.636. The highest BCUT2D eigenvalue weighted by molar-refractivity contribution is 14.0. The van der Waals surface area contributed by atoms with Crippen LogP contribution in [-0.2, 0) is 14.6 Å². The predicted molar refractivity (Wildman–Crippen MR) is 136 cm³/mol. The Morgan fingerprint density at radius 2 is 1.97 bits per heavy atom. The molecule has 174 valence electrons. The lowest BCUT2D eigenvalue weighted by molar-refractivity contribution is -0.121.